The number of carboxylic acids is 1. The van der Waals surface area contributed by atoms with Crippen molar-refractivity contribution in [2.75, 3.05) is 26.7 Å². The lowest BCUT2D eigenvalue weighted by molar-refractivity contribution is -0.144. The molecule has 5 heteroatoms. The summed E-state index contributed by atoms with van der Waals surface area (Å²) in [5.74, 6) is -0.702. The van der Waals surface area contributed by atoms with Crippen LogP contribution in [0.2, 0.25) is 0 Å². The predicted molar refractivity (Wildman–Crippen MR) is 84.9 cm³/mol. The summed E-state index contributed by atoms with van der Waals surface area (Å²) in [4.78, 5) is 17.6. The summed E-state index contributed by atoms with van der Waals surface area (Å²) < 4.78 is 0. The third-order valence-corrected chi connectivity index (χ3v) is 5.97. The Morgan fingerprint density at radius 3 is 3.05 bits per heavy atom. The summed E-state index contributed by atoms with van der Waals surface area (Å²) in [6.07, 6.45) is 5.95. The minimum Gasteiger partial charge on any atom is -0.480 e. The number of rotatable bonds is 4. The van der Waals surface area contributed by atoms with Crippen molar-refractivity contribution in [1.82, 2.24) is 9.80 Å². The second kappa shape index (κ2) is 6.46. The van der Waals surface area contributed by atoms with Crippen molar-refractivity contribution in [3.8, 4) is 0 Å². The van der Waals surface area contributed by atoms with Gasteiger partial charge < -0.3 is 10.0 Å². The third kappa shape index (κ3) is 3.15. The quantitative estimate of drug-likeness (QED) is 0.928. The molecule has 21 heavy (non-hydrogen) atoms. The van der Waals surface area contributed by atoms with E-state index in [2.05, 4.69) is 16.8 Å². The zero-order chi connectivity index (χ0) is 14.8. The molecule has 2 atom stereocenters. The van der Waals surface area contributed by atoms with Crippen molar-refractivity contribution < 1.29 is 9.90 Å². The van der Waals surface area contributed by atoms with Crippen LogP contribution in [0.1, 0.15) is 42.2 Å². The van der Waals surface area contributed by atoms with E-state index in [9.17, 15) is 9.90 Å². The minimum atomic E-state index is -0.702. The number of thiophene rings is 1. The molecule has 2 unspecified atom stereocenters. The number of piperidine rings is 1. The molecular weight excluding hydrogens is 284 g/mol. The van der Waals surface area contributed by atoms with Gasteiger partial charge in [0.2, 0.25) is 0 Å². The van der Waals surface area contributed by atoms with Gasteiger partial charge in [-0.1, -0.05) is 6.42 Å². The highest BCUT2D eigenvalue weighted by Crippen LogP contribution is 2.34. The molecule has 1 aromatic heterocycles. The average Bonchev–Trinajstić information content (AvgIpc) is 2.93. The van der Waals surface area contributed by atoms with E-state index in [0.717, 1.165) is 31.5 Å². The van der Waals surface area contributed by atoms with Crippen LogP contribution in [0.4, 0.5) is 0 Å². The molecule has 0 bridgehead atoms. The Hall–Kier alpha value is -0.910. The average molecular weight is 308 g/mol. The number of aliphatic carboxylic acids is 1. The van der Waals surface area contributed by atoms with E-state index in [1.807, 2.05) is 11.4 Å². The van der Waals surface area contributed by atoms with Gasteiger partial charge in [-0.3, -0.25) is 9.69 Å². The van der Waals surface area contributed by atoms with Crippen molar-refractivity contribution >= 4 is 17.3 Å². The summed E-state index contributed by atoms with van der Waals surface area (Å²) in [6.45, 7) is 2.95. The fourth-order valence-electron chi connectivity index (χ4n) is 3.72. The number of likely N-dealkylation sites (tertiary alicyclic amines) is 1. The van der Waals surface area contributed by atoms with Crippen LogP contribution in [0.25, 0.3) is 0 Å². The first kappa shape index (κ1) is 15.0. The van der Waals surface area contributed by atoms with Gasteiger partial charge in [0.15, 0.2) is 0 Å². The van der Waals surface area contributed by atoms with E-state index in [4.69, 9.17) is 0 Å². The van der Waals surface area contributed by atoms with E-state index in [-0.39, 0.29) is 0 Å². The van der Waals surface area contributed by atoms with E-state index in [0.29, 0.717) is 6.04 Å². The number of carboxylic acid groups (broad SMARTS) is 1. The standard InChI is InChI=1S/C16H24N2O2S/c1-17-8-3-2-4-12(17)5-9-18-10-6-14-13(7-11-21-14)15(18)16(19)20/h7,11-12,15H,2-6,8-10H2,1H3,(H,19,20). The Morgan fingerprint density at radius 1 is 1.43 bits per heavy atom. The zero-order valence-electron chi connectivity index (χ0n) is 12.6. The van der Waals surface area contributed by atoms with Crippen molar-refractivity contribution in [1.29, 1.82) is 0 Å². The Balaban J connectivity index is 1.66. The van der Waals surface area contributed by atoms with Crippen LogP contribution < -0.4 is 0 Å². The second-order valence-corrected chi connectivity index (χ2v) is 7.25. The topological polar surface area (TPSA) is 43.8 Å². The minimum absolute atomic E-state index is 0.436. The van der Waals surface area contributed by atoms with Crippen LogP contribution in [0.15, 0.2) is 11.4 Å². The van der Waals surface area contributed by atoms with Crippen LogP contribution >= 0.6 is 11.3 Å². The molecule has 0 radical (unpaired) electrons. The van der Waals surface area contributed by atoms with Gasteiger partial charge >= 0.3 is 5.97 Å². The van der Waals surface area contributed by atoms with Gasteiger partial charge in [0.05, 0.1) is 0 Å². The number of nitrogens with zero attached hydrogens (tertiary/aromatic N) is 2. The first-order valence-electron chi connectivity index (χ1n) is 7.90. The van der Waals surface area contributed by atoms with Crippen molar-refractivity contribution in [2.45, 2.75) is 44.2 Å². The van der Waals surface area contributed by atoms with Crippen molar-refractivity contribution in [3.63, 3.8) is 0 Å². The fraction of sp³-hybridized carbons (Fsp3) is 0.688. The highest BCUT2D eigenvalue weighted by molar-refractivity contribution is 7.10. The van der Waals surface area contributed by atoms with Crippen LogP contribution in [-0.2, 0) is 11.2 Å². The van der Waals surface area contributed by atoms with Gasteiger partial charge in [-0.2, -0.15) is 0 Å². The van der Waals surface area contributed by atoms with E-state index in [1.54, 1.807) is 11.3 Å². The third-order valence-electron chi connectivity index (χ3n) is 4.97. The molecule has 2 aliphatic heterocycles. The van der Waals surface area contributed by atoms with E-state index in [1.165, 1.54) is 30.7 Å². The van der Waals surface area contributed by atoms with Gasteiger partial charge in [-0.15, -0.1) is 11.3 Å². The summed E-state index contributed by atoms with van der Waals surface area (Å²) in [7, 11) is 2.20. The van der Waals surface area contributed by atoms with Gasteiger partial charge in [0.1, 0.15) is 6.04 Å². The van der Waals surface area contributed by atoms with Crippen molar-refractivity contribution in [2.24, 2.45) is 0 Å². The Kier molecular flexibility index (Phi) is 4.62. The molecule has 2 aliphatic rings. The van der Waals surface area contributed by atoms with Gasteiger partial charge in [0.25, 0.3) is 0 Å². The van der Waals surface area contributed by atoms with Crippen molar-refractivity contribution in [3.05, 3.63) is 21.9 Å². The number of hydrogen-bond donors (Lipinski definition) is 1. The molecule has 4 nitrogen and oxygen atoms in total. The molecule has 0 amide bonds. The molecule has 3 heterocycles. The number of carbonyl (C=O) groups is 1. The molecule has 0 saturated carbocycles. The lowest BCUT2D eigenvalue weighted by Crippen LogP contribution is -2.43. The number of fused-ring (bicyclic) bond motifs is 1. The summed E-state index contributed by atoms with van der Waals surface area (Å²) in [5.41, 5.74) is 1.02. The summed E-state index contributed by atoms with van der Waals surface area (Å²) in [5, 5.41) is 11.6. The summed E-state index contributed by atoms with van der Waals surface area (Å²) >= 11 is 1.70. The fourth-order valence-corrected chi connectivity index (χ4v) is 4.63. The SMILES string of the molecule is CN1CCCCC1CCN1CCc2sccc2C1C(=O)O. The molecule has 3 rings (SSSR count). The van der Waals surface area contributed by atoms with Crippen LogP contribution in [0.5, 0.6) is 0 Å². The molecule has 1 saturated heterocycles. The Labute approximate surface area is 130 Å². The molecule has 1 N–H and O–H groups in total. The molecule has 0 spiro atoms. The second-order valence-electron chi connectivity index (χ2n) is 6.24. The highest BCUT2D eigenvalue weighted by Gasteiger charge is 2.34. The molecule has 116 valence electrons. The molecular formula is C16H24N2O2S. The maximum absolute atomic E-state index is 11.7. The van der Waals surface area contributed by atoms with Gasteiger partial charge in [-0.05, 0) is 56.3 Å². The largest absolute Gasteiger partial charge is 0.480 e. The smallest absolute Gasteiger partial charge is 0.325 e. The van der Waals surface area contributed by atoms with Gasteiger partial charge in [-0.25, -0.2) is 0 Å². The first-order valence-corrected chi connectivity index (χ1v) is 8.78. The summed E-state index contributed by atoms with van der Waals surface area (Å²) in [6, 6.07) is 2.18. The normalized spacial score (nSPS) is 27.5. The van der Waals surface area contributed by atoms with Gasteiger partial charge in [0, 0.05) is 24.0 Å². The van der Waals surface area contributed by atoms with Crippen LogP contribution in [0, 0.1) is 0 Å². The predicted octanol–water partition coefficient (Wildman–Crippen LogP) is 2.61. The molecule has 1 fully saturated rings. The van der Waals surface area contributed by atoms with E-state index < -0.39 is 12.0 Å². The first-order chi connectivity index (χ1) is 10.2. The maximum atomic E-state index is 11.7. The maximum Gasteiger partial charge on any atom is 0.325 e. The molecule has 1 aromatic rings. The Morgan fingerprint density at radius 2 is 2.29 bits per heavy atom. The molecule has 0 aromatic carbocycles. The lowest BCUT2D eigenvalue weighted by Gasteiger charge is -2.37. The molecule has 0 aliphatic carbocycles. The van der Waals surface area contributed by atoms with Crippen LogP contribution in [-0.4, -0.2) is 53.6 Å². The monoisotopic (exact) mass is 308 g/mol. The number of hydrogen-bond acceptors (Lipinski definition) is 4. The lowest BCUT2D eigenvalue weighted by atomic mass is 9.97. The van der Waals surface area contributed by atoms with E-state index >= 15 is 0 Å². The highest BCUT2D eigenvalue weighted by atomic mass is 32.1. The Bertz CT molecular complexity index is 502. The zero-order valence-corrected chi connectivity index (χ0v) is 13.4. The van der Waals surface area contributed by atoms with Crippen LogP contribution in [0.3, 0.4) is 0 Å².